The van der Waals surface area contributed by atoms with Crippen LogP contribution in [0, 0.1) is 0 Å². The van der Waals surface area contributed by atoms with Gasteiger partial charge >= 0.3 is 6.55 Å². The third kappa shape index (κ3) is 4.36. The Kier molecular flexibility index (Phi) is 6.35. The van der Waals surface area contributed by atoms with Crippen molar-refractivity contribution in [3.8, 4) is 11.5 Å². The highest BCUT2D eigenvalue weighted by Gasteiger charge is 2.18. The van der Waals surface area contributed by atoms with Crippen LogP contribution >= 0.6 is 11.8 Å². The number of imidazole rings is 1. The second-order valence-electron chi connectivity index (χ2n) is 5.79. The molecule has 1 aromatic heterocycles. The van der Waals surface area contributed by atoms with Gasteiger partial charge in [0, 0.05) is 6.54 Å². The van der Waals surface area contributed by atoms with Crippen LogP contribution in [0.1, 0.15) is 12.1 Å². The van der Waals surface area contributed by atoms with Gasteiger partial charge in [-0.2, -0.15) is 8.78 Å². The smallest absolute Gasteiger partial charge is 0.321 e. The van der Waals surface area contributed by atoms with Gasteiger partial charge < -0.3 is 14.8 Å². The van der Waals surface area contributed by atoms with Crippen molar-refractivity contribution >= 4 is 28.7 Å². The number of thioether (sulfide) groups is 1. The summed E-state index contributed by atoms with van der Waals surface area (Å²) in [4.78, 5) is 16.4. The van der Waals surface area contributed by atoms with Crippen LogP contribution in [-0.4, -0.2) is 35.4 Å². The van der Waals surface area contributed by atoms with E-state index < -0.39 is 6.55 Å². The van der Waals surface area contributed by atoms with E-state index in [1.54, 1.807) is 43.5 Å². The van der Waals surface area contributed by atoms with Crippen molar-refractivity contribution in [3.05, 3.63) is 48.0 Å². The normalized spacial score (nSPS) is 11.0. The quantitative estimate of drug-likeness (QED) is 0.575. The van der Waals surface area contributed by atoms with Gasteiger partial charge in [-0.1, -0.05) is 30.0 Å². The number of methoxy groups -OCH3 is 2. The van der Waals surface area contributed by atoms with Crippen LogP contribution < -0.4 is 14.8 Å². The zero-order valence-electron chi connectivity index (χ0n) is 15.3. The van der Waals surface area contributed by atoms with E-state index in [0.29, 0.717) is 22.5 Å². The first kappa shape index (κ1) is 19.9. The maximum atomic E-state index is 13.4. The van der Waals surface area contributed by atoms with E-state index in [9.17, 15) is 13.6 Å². The minimum atomic E-state index is -2.73. The van der Waals surface area contributed by atoms with Crippen LogP contribution in [0.25, 0.3) is 11.0 Å². The predicted molar refractivity (Wildman–Crippen MR) is 103 cm³/mol. The number of benzene rings is 2. The maximum Gasteiger partial charge on any atom is 0.321 e. The molecule has 0 radical (unpaired) electrons. The van der Waals surface area contributed by atoms with Gasteiger partial charge in [0.05, 0.1) is 31.0 Å². The number of hydrogen-bond acceptors (Lipinski definition) is 5. The molecule has 0 aliphatic carbocycles. The van der Waals surface area contributed by atoms with E-state index in [0.717, 1.165) is 21.9 Å². The first-order valence-electron chi connectivity index (χ1n) is 8.39. The molecule has 1 heterocycles. The first-order chi connectivity index (χ1) is 13.5. The number of rotatable bonds is 8. The summed E-state index contributed by atoms with van der Waals surface area (Å²) >= 11 is 0.973. The number of nitrogens with one attached hydrogen (secondary N) is 1. The average Bonchev–Trinajstić information content (AvgIpc) is 3.09. The molecule has 28 heavy (non-hydrogen) atoms. The van der Waals surface area contributed by atoms with E-state index >= 15 is 0 Å². The number of aromatic nitrogens is 2. The van der Waals surface area contributed by atoms with Crippen molar-refractivity contribution in [2.24, 2.45) is 0 Å². The third-order valence-electron chi connectivity index (χ3n) is 4.03. The number of carbonyl (C=O) groups is 1. The molecule has 0 fully saturated rings. The Balaban J connectivity index is 1.62. The molecule has 2 aromatic carbocycles. The summed E-state index contributed by atoms with van der Waals surface area (Å²) in [5.74, 6) is 0.851. The second-order valence-corrected chi connectivity index (χ2v) is 6.73. The van der Waals surface area contributed by atoms with Crippen LogP contribution in [0.4, 0.5) is 8.78 Å². The van der Waals surface area contributed by atoms with Crippen LogP contribution in [-0.2, 0) is 11.3 Å². The molecule has 0 aliphatic rings. The second kappa shape index (κ2) is 8.92. The summed E-state index contributed by atoms with van der Waals surface area (Å²) in [7, 11) is 3.08. The largest absolute Gasteiger partial charge is 0.493 e. The molecule has 1 N–H and O–H groups in total. The number of nitrogens with zero attached hydrogens (tertiary/aromatic N) is 2. The molecule has 0 unspecified atom stereocenters. The predicted octanol–water partition coefficient (Wildman–Crippen LogP) is 3.86. The Bertz CT molecular complexity index is 978. The molecule has 0 aliphatic heterocycles. The van der Waals surface area contributed by atoms with E-state index in [2.05, 4.69) is 10.3 Å². The summed E-state index contributed by atoms with van der Waals surface area (Å²) in [6, 6.07) is 12.0. The highest BCUT2D eigenvalue weighted by Crippen LogP contribution is 2.29. The van der Waals surface area contributed by atoms with Gasteiger partial charge in [-0.3, -0.25) is 9.36 Å². The summed E-state index contributed by atoms with van der Waals surface area (Å²) < 4.78 is 38.0. The standard InChI is InChI=1S/C19H19F2N3O3S/c1-26-15-8-7-12(9-16(15)27-2)10-22-17(25)11-28-19-23-13-5-3-4-6-14(13)24(19)18(20)21/h3-9,18H,10-11H2,1-2H3,(H,22,25). The molecule has 3 rings (SSSR count). The Hall–Kier alpha value is -2.81. The molecule has 1 amide bonds. The van der Waals surface area contributed by atoms with Crippen molar-refractivity contribution in [1.29, 1.82) is 0 Å². The molecule has 148 valence electrons. The van der Waals surface area contributed by atoms with Crippen LogP contribution in [0.15, 0.2) is 47.6 Å². The number of carbonyl (C=O) groups excluding carboxylic acids is 1. The molecule has 0 atom stereocenters. The number of alkyl halides is 2. The minimum absolute atomic E-state index is 0.0245. The van der Waals surface area contributed by atoms with Gasteiger partial charge in [-0.05, 0) is 29.8 Å². The van der Waals surface area contributed by atoms with Crippen molar-refractivity contribution in [2.45, 2.75) is 18.3 Å². The van der Waals surface area contributed by atoms with E-state index in [4.69, 9.17) is 9.47 Å². The lowest BCUT2D eigenvalue weighted by Crippen LogP contribution is -2.24. The topological polar surface area (TPSA) is 65.4 Å². The highest BCUT2D eigenvalue weighted by atomic mass is 32.2. The third-order valence-corrected chi connectivity index (χ3v) is 4.98. The SMILES string of the molecule is COc1ccc(CNC(=O)CSc2nc3ccccc3n2C(F)F)cc1OC. The zero-order valence-corrected chi connectivity index (χ0v) is 16.1. The lowest BCUT2D eigenvalue weighted by molar-refractivity contribution is -0.118. The van der Waals surface area contributed by atoms with Crippen molar-refractivity contribution < 1.29 is 23.0 Å². The van der Waals surface area contributed by atoms with Gasteiger partial charge in [0.25, 0.3) is 0 Å². The summed E-state index contributed by atoms with van der Waals surface area (Å²) in [5.41, 5.74) is 1.64. The number of halogens is 2. The molecular weight excluding hydrogens is 388 g/mol. The lowest BCUT2D eigenvalue weighted by atomic mass is 10.2. The Morgan fingerprint density at radius 3 is 2.64 bits per heavy atom. The van der Waals surface area contributed by atoms with Gasteiger partial charge in [-0.15, -0.1) is 0 Å². The van der Waals surface area contributed by atoms with Gasteiger partial charge in [0.2, 0.25) is 5.91 Å². The van der Waals surface area contributed by atoms with Crippen LogP contribution in [0.5, 0.6) is 11.5 Å². The van der Waals surface area contributed by atoms with E-state index in [1.165, 1.54) is 7.11 Å². The molecule has 9 heteroatoms. The van der Waals surface area contributed by atoms with E-state index in [-0.39, 0.29) is 23.4 Å². The Morgan fingerprint density at radius 1 is 1.18 bits per heavy atom. The summed E-state index contributed by atoms with van der Waals surface area (Å²) in [6.45, 7) is -2.45. The Labute approximate surface area is 164 Å². The zero-order chi connectivity index (χ0) is 20.1. The lowest BCUT2D eigenvalue weighted by Gasteiger charge is -2.10. The van der Waals surface area contributed by atoms with Crippen molar-refractivity contribution in [1.82, 2.24) is 14.9 Å². The molecular formula is C19H19F2N3O3S. The van der Waals surface area contributed by atoms with Crippen molar-refractivity contribution in [3.63, 3.8) is 0 Å². The molecule has 3 aromatic rings. The fourth-order valence-electron chi connectivity index (χ4n) is 2.69. The fraction of sp³-hybridized carbons (Fsp3) is 0.263. The summed E-state index contributed by atoms with van der Waals surface area (Å²) in [6.07, 6.45) is 0. The van der Waals surface area contributed by atoms with E-state index in [1.807, 2.05) is 6.07 Å². The number of para-hydroxylation sites is 2. The maximum absolute atomic E-state index is 13.4. The summed E-state index contributed by atoms with van der Waals surface area (Å²) in [5, 5.41) is 2.87. The molecule has 6 nitrogen and oxygen atoms in total. The first-order valence-corrected chi connectivity index (χ1v) is 9.37. The Morgan fingerprint density at radius 2 is 1.93 bits per heavy atom. The molecule has 0 spiro atoms. The molecule has 0 bridgehead atoms. The number of amides is 1. The van der Waals surface area contributed by atoms with Gasteiger partial charge in [0.15, 0.2) is 16.7 Å². The minimum Gasteiger partial charge on any atom is -0.493 e. The number of ether oxygens (including phenoxy) is 2. The van der Waals surface area contributed by atoms with Crippen LogP contribution in [0.3, 0.4) is 0 Å². The fourth-order valence-corrected chi connectivity index (χ4v) is 3.53. The highest BCUT2D eigenvalue weighted by molar-refractivity contribution is 7.99. The monoisotopic (exact) mass is 407 g/mol. The molecule has 0 saturated carbocycles. The van der Waals surface area contributed by atoms with Crippen molar-refractivity contribution in [2.75, 3.05) is 20.0 Å². The van der Waals surface area contributed by atoms with Crippen LogP contribution in [0.2, 0.25) is 0 Å². The number of fused-ring (bicyclic) bond motifs is 1. The molecule has 0 saturated heterocycles. The average molecular weight is 407 g/mol. The number of hydrogen-bond donors (Lipinski definition) is 1. The van der Waals surface area contributed by atoms with Gasteiger partial charge in [-0.25, -0.2) is 4.98 Å². The van der Waals surface area contributed by atoms with Gasteiger partial charge in [0.1, 0.15) is 0 Å².